The first-order chi connectivity index (χ1) is 16.3. The van der Waals surface area contributed by atoms with Gasteiger partial charge in [-0.1, -0.05) is 96.8 Å². The van der Waals surface area contributed by atoms with Gasteiger partial charge in [-0.15, -0.1) is 0 Å². The molecular weight excluding hydrogens is 436 g/mol. The highest BCUT2D eigenvalue weighted by molar-refractivity contribution is 5.82. The number of hydrogen-bond donors (Lipinski definition) is 1. The Morgan fingerprint density at radius 1 is 0.618 bits per heavy atom. The molecule has 0 bridgehead atoms. The van der Waals surface area contributed by atoms with E-state index in [1.807, 2.05) is 0 Å². The number of hydrogen-bond acceptors (Lipinski definition) is 7. The van der Waals surface area contributed by atoms with E-state index < -0.39 is 36.2 Å². The van der Waals surface area contributed by atoms with Crippen LogP contribution in [0.2, 0.25) is 0 Å². The minimum absolute atomic E-state index is 0.176. The summed E-state index contributed by atoms with van der Waals surface area (Å²) >= 11 is 0. The first-order valence-electron chi connectivity index (χ1n) is 13.5. The number of rotatable bonds is 22. The molecule has 0 radical (unpaired) electrons. The fraction of sp³-hybridized carbons (Fsp3) is 0.889. The van der Waals surface area contributed by atoms with Gasteiger partial charge in [0.05, 0.1) is 6.10 Å². The molecule has 7 heteroatoms. The molecule has 3 atom stereocenters. The second kappa shape index (κ2) is 21.9. The summed E-state index contributed by atoms with van der Waals surface area (Å²) in [6.07, 6.45) is 16.1. The Balaban J connectivity index is 3.63. The SMILES string of the molecule is CCCCCCCCCCCCCCCCCC(=O)OC(C)C(=O)OC(C)C(=O)OCC(C)O. The summed E-state index contributed by atoms with van der Waals surface area (Å²) < 4.78 is 14.9. The topological polar surface area (TPSA) is 99.1 Å². The molecule has 200 valence electrons. The Bertz CT molecular complexity index is 533. The largest absolute Gasteiger partial charge is 0.460 e. The molecule has 1 N–H and O–H groups in total. The molecule has 0 spiro atoms. The third-order valence-corrected chi connectivity index (χ3v) is 5.72. The van der Waals surface area contributed by atoms with Gasteiger partial charge in [0, 0.05) is 6.42 Å². The fourth-order valence-corrected chi connectivity index (χ4v) is 3.58. The Morgan fingerprint density at radius 3 is 1.47 bits per heavy atom. The van der Waals surface area contributed by atoms with Crippen molar-refractivity contribution in [1.29, 1.82) is 0 Å². The molecular formula is C27H50O7. The van der Waals surface area contributed by atoms with Crippen molar-refractivity contribution in [3.05, 3.63) is 0 Å². The number of ether oxygens (including phenoxy) is 3. The van der Waals surface area contributed by atoms with Gasteiger partial charge in [0.15, 0.2) is 12.2 Å². The van der Waals surface area contributed by atoms with Crippen LogP contribution in [0.1, 0.15) is 130 Å². The van der Waals surface area contributed by atoms with Crippen molar-refractivity contribution < 1.29 is 33.7 Å². The van der Waals surface area contributed by atoms with Crippen LogP contribution in [-0.2, 0) is 28.6 Å². The van der Waals surface area contributed by atoms with Crippen LogP contribution >= 0.6 is 0 Å². The highest BCUT2D eigenvalue weighted by atomic mass is 16.6. The zero-order valence-corrected chi connectivity index (χ0v) is 22.1. The summed E-state index contributed by atoms with van der Waals surface area (Å²) in [6, 6.07) is 0. The van der Waals surface area contributed by atoms with Gasteiger partial charge < -0.3 is 19.3 Å². The van der Waals surface area contributed by atoms with Crippen LogP contribution in [0, 0.1) is 0 Å². The lowest BCUT2D eigenvalue weighted by atomic mass is 10.0. The molecule has 0 rings (SSSR count). The van der Waals surface area contributed by atoms with Crippen molar-refractivity contribution in [2.45, 2.75) is 149 Å². The molecule has 7 nitrogen and oxygen atoms in total. The molecule has 0 saturated carbocycles. The highest BCUT2D eigenvalue weighted by Gasteiger charge is 2.25. The predicted octanol–water partition coefficient (Wildman–Crippen LogP) is 6.04. The molecule has 0 heterocycles. The standard InChI is InChI=1S/C27H50O7/c1-5-6-7-8-9-10-11-12-13-14-15-16-17-18-19-20-25(29)33-24(4)27(31)34-23(3)26(30)32-21-22(2)28/h22-24,28H,5-21H2,1-4H3. The molecule has 0 aliphatic rings. The lowest BCUT2D eigenvalue weighted by Gasteiger charge is -2.17. The normalized spacial score (nSPS) is 13.7. The zero-order valence-electron chi connectivity index (χ0n) is 22.1. The van der Waals surface area contributed by atoms with Gasteiger partial charge >= 0.3 is 17.9 Å². The van der Waals surface area contributed by atoms with E-state index in [1.165, 1.54) is 97.8 Å². The van der Waals surface area contributed by atoms with Crippen LogP contribution in [0.25, 0.3) is 0 Å². The second-order valence-corrected chi connectivity index (χ2v) is 9.39. The monoisotopic (exact) mass is 486 g/mol. The van der Waals surface area contributed by atoms with E-state index in [1.54, 1.807) is 0 Å². The van der Waals surface area contributed by atoms with Crippen LogP contribution in [0.5, 0.6) is 0 Å². The zero-order chi connectivity index (χ0) is 25.6. The summed E-state index contributed by atoms with van der Waals surface area (Å²) in [5.41, 5.74) is 0. The summed E-state index contributed by atoms with van der Waals surface area (Å²) in [7, 11) is 0. The Kier molecular flexibility index (Phi) is 20.8. The number of carbonyl (C=O) groups is 3. The van der Waals surface area contributed by atoms with Gasteiger partial charge in [-0.2, -0.15) is 0 Å². The number of esters is 3. The van der Waals surface area contributed by atoms with Crippen molar-refractivity contribution in [2.75, 3.05) is 6.61 Å². The van der Waals surface area contributed by atoms with Crippen LogP contribution < -0.4 is 0 Å². The van der Waals surface area contributed by atoms with E-state index in [2.05, 4.69) is 6.92 Å². The van der Waals surface area contributed by atoms with Crippen LogP contribution in [0.3, 0.4) is 0 Å². The first kappa shape index (κ1) is 32.4. The maximum Gasteiger partial charge on any atom is 0.347 e. The Morgan fingerprint density at radius 2 is 1.03 bits per heavy atom. The van der Waals surface area contributed by atoms with Crippen molar-refractivity contribution >= 4 is 17.9 Å². The van der Waals surface area contributed by atoms with Gasteiger partial charge in [-0.3, -0.25) is 4.79 Å². The molecule has 0 fully saturated rings. The maximum atomic E-state index is 12.0. The fourth-order valence-electron chi connectivity index (χ4n) is 3.58. The third-order valence-electron chi connectivity index (χ3n) is 5.72. The summed E-state index contributed by atoms with van der Waals surface area (Å²) in [6.45, 7) is 6.34. The average Bonchev–Trinajstić information content (AvgIpc) is 2.79. The summed E-state index contributed by atoms with van der Waals surface area (Å²) in [4.78, 5) is 35.6. The number of aliphatic hydroxyl groups excluding tert-OH is 1. The lowest BCUT2D eigenvalue weighted by Crippen LogP contribution is -2.34. The van der Waals surface area contributed by atoms with Gasteiger partial charge in [0.2, 0.25) is 0 Å². The van der Waals surface area contributed by atoms with E-state index in [9.17, 15) is 14.4 Å². The first-order valence-corrected chi connectivity index (χ1v) is 13.5. The van der Waals surface area contributed by atoms with Gasteiger partial charge in [0.25, 0.3) is 0 Å². The molecule has 0 saturated heterocycles. The molecule has 0 amide bonds. The second-order valence-electron chi connectivity index (χ2n) is 9.39. The van der Waals surface area contributed by atoms with E-state index in [-0.39, 0.29) is 13.0 Å². The van der Waals surface area contributed by atoms with Crippen LogP contribution in [0.4, 0.5) is 0 Å². The minimum Gasteiger partial charge on any atom is -0.460 e. The highest BCUT2D eigenvalue weighted by Crippen LogP contribution is 2.14. The number of aliphatic hydroxyl groups is 1. The van der Waals surface area contributed by atoms with Crippen molar-refractivity contribution in [3.8, 4) is 0 Å². The van der Waals surface area contributed by atoms with Crippen LogP contribution in [0.15, 0.2) is 0 Å². The van der Waals surface area contributed by atoms with E-state index in [0.29, 0.717) is 0 Å². The molecule has 0 aliphatic heterocycles. The Hall–Kier alpha value is -1.63. The third kappa shape index (κ3) is 19.8. The quantitative estimate of drug-likeness (QED) is 0.113. The van der Waals surface area contributed by atoms with Gasteiger partial charge in [0.1, 0.15) is 6.61 Å². The van der Waals surface area contributed by atoms with Crippen molar-refractivity contribution in [3.63, 3.8) is 0 Å². The smallest absolute Gasteiger partial charge is 0.347 e. The average molecular weight is 487 g/mol. The molecule has 3 unspecified atom stereocenters. The van der Waals surface area contributed by atoms with Gasteiger partial charge in [-0.05, 0) is 27.2 Å². The molecule has 0 aromatic rings. The minimum atomic E-state index is -1.14. The van der Waals surface area contributed by atoms with Crippen molar-refractivity contribution in [2.24, 2.45) is 0 Å². The molecule has 34 heavy (non-hydrogen) atoms. The van der Waals surface area contributed by atoms with E-state index >= 15 is 0 Å². The number of unbranched alkanes of at least 4 members (excludes halogenated alkanes) is 14. The van der Waals surface area contributed by atoms with Gasteiger partial charge in [-0.25, -0.2) is 9.59 Å². The van der Waals surface area contributed by atoms with E-state index in [4.69, 9.17) is 19.3 Å². The predicted molar refractivity (Wildman–Crippen MR) is 133 cm³/mol. The summed E-state index contributed by atoms with van der Waals surface area (Å²) in [5.74, 6) is -2.00. The molecule has 0 aliphatic carbocycles. The lowest BCUT2D eigenvalue weighted by molar-refractivity contribution is -0.177. The van der Waals surface area contributed by atoms with Crippen LogP contribution in [-0.4, -0.2) is 47.9 Å². The molecule has 0 aromatic heterocycles. The summed E-state index contributed by atoms with van der Waals surface area (Å²) in [5, 5.41) is 9.11. The Labute approximate surface area is 207 Å². The van der Waals surface area contributed by atoms with E-state index in [0.717, 1.165) is 19.3 Å². The number of carbonyl (C=O) groups excluding carboxylic acids is 3. The maximum absolute atomic E-state index is 12.0. The van der Waals surface area contributed by atoms with Crippen molar-refractivity contribution in [1.82, 2.24) is 0 Å². The molecule has 0 aromatic carbocycles.